The van der Waals surface area contributed by atoms with E-state index < -0.39 is 17.7 Å². The van der Waals surface area contributed by atoms with Crippen LogP contribution in [0.3, 0.4) is 0 Å². The Balaban J connectivity index is 1.93. The molecule has 1 amide bonds. The van der Waals surface area contributed by atoms with Gasteiger partial charge in [-0.1, -0.05) is 42.0 Å². The van der Waals surface area contributed by atoms with Crippen LogP contribution < -0.4 is 9.64 Å². The van der Waals surface area contributed by atoms with Crippen molar-refractivity contribution in [2.75, 3.05) is 12.0 Å². The van der Waals surface area contributed by atoms with Crippen molar-refractivity contribution in [1.82, 2.24) is 4.98 Å². The van der Waals surface area contributed by atoms with Gasteiger partial charge in [-0.05, 0) is 30.7 Å². The van der Waals surface area contributed by atoms with Gasteiger partial charge in [0, 0.05) is 29.7 Å². The van der Waals surface area contributed by atoms with E-state index in [2.05, 4.69) is 4.98 Å². The Bertz CT molecular complexity index is 1140. The monoisotopic (exact) mass is 400 g/mol. The average molecular weight is 400 g/mol. The van der Waals surface area contributed by atoms with Crippen LogP contribution in [0.2, 0.25) is 0 Å². The lowest BCUT2D eigenvalue weighted by Gasteiger charge is -2.25. The number of aromatic nitrogens is 1. The van der Waals surface area contributed by atoms with E-state index in [9.17, 15) is 14.7 Å². The maximum atomic E-state index is 13.1. The number of amides is 1. The topological polar surface area (TPSA) is 79.7 Å². The Labute approximate surface area is 174 Å². The molecule has 30 heavy (non-hydrogen) atoms. The highest BCUT2D eigenvalue weighted by Gasteiger charge is 2.47. The van der Waals surface area contributed by atoms with Gasteiger partial charge in [-0.2, -0.15) is 0 Å². The van der Waals surface area contributed by atoms with Crippen molar-refractivity contribution in [3.05, 3.63) is 95.3 Å². The third-order valence-electron chi connectivity index (χ3n) is 5.10. The quantitative estimate of drug-likeness (QED) is 0.406. The molecule has 3 aromatic rings. The molecule has 6 heteroatoms. The van der Waals surface area contributed by atoms with Crippen molar-refractivity contribution in [3.8, 4) is 5.75 Å². The number of hydrogen-bond acceptors (Lipinski definition) is 5. The van der Waals surface area contributed by atoms with Crippen LogP contribution in [0.1, 0.15) is 22.7 Å². The number of ether oxygens (including phenoxy) is 1. The first kappa shape index (κ1) is 19.4. The molecule has 1 N–H and O–H groups in total. The second kappa shape index (κ2) is 7.83. The Hall–Kier alpha value is -3.93. The van der Waals surface area contributed by atoms with E-state index in [0.717, 1.165) is 5.56 Å². The predicted octanol–water partition coefficient (Wildman–Crippen LogP) is 4.02. The highest BCUT2D eigenvalue weighted by molar-refractivity contribution is 6.51. The van der Waals surface area contributed by atoms with E-state index in [-0.39, 0.29) is 11.3 Å². The van der Waals surface area contributed by atoms with Crippen LogP contribution in [-0.4, -0.2) is 28.9 Å². The Kier molecular flexibility index (Phi) is 5.06. The molecule has 150 valence electrons. The molecule has 1 aromatic heterocycles. The minimum absolute atomic E-state index is 0.0275. The van der Waals surface area contributed by atoms with Crippen molar-refractivity contribution in [2.24, 2.45) is 0 Å². The molecule has 0 aliphatic carbocycles. The van der Waals surface area contributed by atoms with E-state index >= 15 is 0 Å². The Morgan fingerprint density at radius 2 is 1.83 bits per heavy atom. The fourth-order valence-corrected chi connectivity index (χ4v) is 3.58. The van der Waals surface area contributed by atoms with Gasteiger partial charge in [-0.25, -0.2) is 0 Å². The zero-order chi connectivity index (χ0) is 21.3. The molecule has 1 aliphatic heterocycles. The number of carbonyl (C=O) groups excluding carboxylic acids is 2. The molecule has 1 aliphatic rings. The fourth-order valence-electron chi connectivity index (χ4n) is 3.58. The van der Waals surface area contributed by atoms with E-state index in [1.807, 2.05) is 19.1 Å². The third-order valence-corrected chi connectivity index (χ3v) is 5.10. The van der Waals surface area contributed by atoms with Crippen LogP contribution >= 0.6 is 0 Å². The lowest BCUT2D eigenvalue weighted by Crippen LogP contribution is -2.29. The minimum atomic E-state index is -0.813. The second-order valence-corrected chi connectivity index (χ2v) is 7.02. The van der Waals surface area contributed by atoms with Gasteiger partial charge < -0.3 is 9.84 Å². The van der Waals surface area contributed by atoms with Gasteiger partial charge in [0.2, 0.25) is 0 Å². The lowest BCUT2D eigenvalue weighted by atomic mass is 9.96. The highest BCUT2D eigenvalue weighted by Crippen LogP contribution is 2.42. The largest absolute Gasteiger partial charge is 0.507 e. The normalized spacial score (nSPS) is 17.9. The molecule has 1 atom stereocenters. The molecule has 1 unspecified atom stereocenters. The summed E-state index contributed by atoms with van der Waals surface area (Å²) in [6.07, 6.45) is 3.20. The van der Waals surface area contributed by atoms with E-state index in [0.29, 0.717) is 22.6 Å². The molecular weight excluding hydrogens is 380 g/mol. The maximum absolute atomic E-state index is 13.1. The van der Waals surface area contributed by atoms with Crippen molar-refractivity contribution >= 4 is 23.1 Å². The van der Waals surface area contributed by atoms with Crippen LogP contribution in [0.4, 0.5) is 5.69 Å². The van der Waals surface area contributed by atoms with E-state index in [1.54, 1.807) is 60.9 Å². The van der Waals surface area contributed by atoms with Crippen LogP contribution in [0, 0.1) is 6.92 Å². The number of nitrogens with zero attached hydrogens (tertiary/aromatic N) is 2. The summed E-state index contributed by atoms with van der Waals surface area (Å²) < 4.78 is 5.28. The third kappa shape index (κ3) is 3.33. The molecule has 2 heterocycles. The van der Waals surface area contributed by atoms with Crippen LogP contribution in [0.25, 0.3) is 5.76 Å². The van der Waals surface area contributed by atoms with Crippen molar-refractivity contribution in [1.29, 1.82) is 0 Å². The molecule has 2 aromatic carbocycles. The molecule has 0 saturated carbocycles. The summed E-state index contributed by atoms with van der Waals surface area (Å²) in [5.41, 5.74) is 2.63. The molecule has 0 radical (unpaired) electrons. The van der Waals surface area contributed by atoms with Crippen LogP contribution in [0.5, 0.6) is 5.75 Å². The van der Waals surface area contributed by atoms with Gasteiger partial charge in [-0.15, -0.1) is 0 Å². The Morgan fingerprint density at radius 3 is 2.50 bits per heavy atom. The molecular formula is C24H20N2O4. The SMILES string of the molecule is COc1cccc(N2C(=O)C(=O)/C(=C(/O)c3ccc(C)cc3)C2c2cccnc2)c1. The van der Waals surface area contributed by atoms with Crippen molar-refractivity contribution < 1.29 is 19.4 Å². The van der Waals surface area contributed by atoms with Gasteiger partial charge in [-0.3, -0.25) is 19.5 Å². The number of aryl methyl sites for hydroxylation is 1. The minimum Gasteiger partial charge on any atom is -0.507 e. The molecule has 1 saturated heterocycles. The molecule has 1 fully saturated rings. The number of Topliss-reactive ketones (excluding diaryl/α,β-unsaturated/α-hetero) is 1. The molecule has 4 rings (SSSR count). The van der Waals surface area contributed by atoms with Crippen LogP contribution in [-0.2, 0) is 9.59 Å². The van der Waals surface area contributed by atoms with Gasteiger partial charge in [0.05, 0.1) is 18.7 Å². The van der Waals surface area contributed by atoms with Crippen molar-refractivity contribution in [2.45, 2.75) is 13.0 Å². The predicted molar refractivity (Wildman–Crippen MR) is 113 cm³/mol. The summed E-state index contributed by atoms with van der Waals surface area (Å²) in [5.74, 6) is -1.12. The highest BCUT2D eigenvalue weighted by atomic mass is 16.5. The average Bonchev–Trinajstić information content (AvgIpc) is 3.05. The number of ketones is 1. The number of carbonyl (C=O) groups is 2. The smallest absolute Gasteiger partial charge is 0.300 e. The standard InChI is InChI=1S/C24H20N2O4/c1-15-8-10-16(11-9-15)22(27)20-21(17-5-4-12-25-14-17)26(24(29)23(20)28)18-6-3-7-19(13-18)30-2/h3-14,21,27H,1-2H3/b22-20+. The van der Waals surface area contributed by atoms with Gasteiger partial charge in [0.15, 0.2) is 0 Å². The van der Waals surface area contributed by atoms with Gasteiger partial charge in [0.1, 0.15) is 11.5 Å². The van der Waals surface area contributed by atoms with E-state index in [1.165, 1.54) is 12.0 Å². The van der Waals surface area contributed by atoms with E-state index in [4.69, 9.17) is 4.74 Å². The van der Waals surface area contributed by atoms with Crippen LogP contribution in [0.15, 0.2) is 78.6 Å². The Morgan fingerprint density at radius 1 is 1.07 bits per heavy atom. The van der Waals surface area contributed by atoms with Gasteiger partial charge in [0.25, 0.3) is 11.7 Å². The first-order valence-electron chi connectivity index (χ1n) is 9.43. The summed E-state index contributed by atoms with van der Waals surface area (Å²) in [7, 11) is 1.53. The number of aliphatic hydroxyl groups excluding tert-OH is 1. The summed E-state index contributed by atoms with van der Waals surface area (Å²) in [6.45, 7) is 1.93. The van der Waals surface area contributed by atoms with Gasteiger partial charge >= 0.3 is 0 Å². The number of anilines is 1. The zero-order valence-corrected chi connectivity index (χ0v) is 16.6. The molecule has 6 nitrogen and oxygen atoms in total. The first-order chi connectivity index (χ1) is 14.5. The second-order valence-electron chi connectivity index (χ2n) is 7.02. The summed E-state index contributed by atoms with van der Waals surface area (Å²) >= 11 is 0. The number of methoxy groups -OCH3 is 1. The first-order valence-corrected chi connectivity index (χ1v) is 9.43. The number of aliphatic hydroxyl groups is 1. The summed E-state index contributed by atoms with van der Waals surface area (Å²) in [5, 5.41) is 11.0. The van der Waals surface area contributed by atoms with Crippen molar-refractivity contribution in [3.63, 3.8) is 0 Å². The summed E-state index contributed by atoms with van der Waals surface area (Å²) in [6, 6.07) is 16.7. The number of rotatable bonds is 4. The number of pyridine rings is 1. The molecule has 0 spiro atoms. The number of hydrogen-bond donors (Lipinski definition) is 1. The fraction of sp³-hybridized carbons (Fsp3) is 0.125. The maximum Gasteiger partial charge on any atom is 0.300 e. The number of benzene rings is 2. The molecule has 0 bridgehead atoms. The summed E-state index contributed by atoms with van der Waals surface area (Å²) in [4.78, 5) is 31.6. The zero-order valence-electron chi connectivity index (χ0n) is 16.6. The lowest BCUT2D eigenvalue weighted by molar-refractivity contribution is -0.132.